The molecule has 0 aliphatic carbocycles. The van der Waals surface area contributed by atoms with E-state index in [1.54, 1.807) is 0 Å². The molecule has 3 radical (unpaired) electrons. The summed E-state index contributed by atoms with van der Waals surface area (Å²) in [6, 6.07) is 0. The quantitative estimate of drug-likeness (QED) is 0.291. The number of hydrogen-bond donors (Lipinski definition) is 1. The van der Waals surface area contributed by atoms with Gasteiger partial charge in [0.1, 0.15) is 4.90 Å². The maximum absolute atomic E-state index is 13.8. The van der Waals surface area contributed by atoms with Crippen molar-refractivity contribution in [2.24, 2.45) is 0 Å². The van der Waals surface area contributed by atoms with Gasteiger partial charge in [-0.05, 0) is 0 Å². The van der Waals surface area contributed by atoms with E-state index in [-0.39, 0.29) is 25.8 Å². The summed E-state index contributed by atoms with van der Waals surface area (Å²) >= 11 is 0. The predicted octanol–water partition coefficient (Wildman–Crippen LogP) is 3.47. The molecule has 0 unspecified atom stereocenters. The van der Waals surface area contributed by atoms with Crippen LogP contribution in [0.4, 0.5) is 39.5 Å². The minimum absolute atomic E-state index is 0. The van der Waals surface area contributed by atoms with Crippen LogP contribution < -0.4 is 0 Å². The molecule has 0 saturated carbocycles. The van der Waals surface area contributed by atoms with E-state index in [1.807, 2.05) is 0 Å². The van der Waals surface area contributed by atoms with Crippen molar-refractivity contribution >= 4 is 36.0 Å². The Kier molecular flexibility index (Phi) is 6.36. The van der Waals surface area contributed by atoms with Gasteiger partial charge in [0.15, 0.2) is 46.5 Å². The fourth-order valence-corrected chi connectivity index (χ4v) is 2.67. The predicted molar refractivity (Wildman–Crippen MR) is 67.1 cm³/mol. The Morgan fingerprint density at radius 1 is 0.500 bits per heavy atom. The molecule has 0 fully saturated rings. The topological polar surface area (TPSA) is 54.4 Å². The third-order valence-corrected chi connectivity index (χ3v) is 3.84. The van der Waals surface area contributed by atoms with Gasteiger partial charge in [0.25, 0.3) is 10.1 Å². The molecule has 0 heterocycles. The standard InChI is InChI=1S/C12HF9O3S.In/c13-3-1(4(14)7(17)9(19)6(3)16)2-5(15)8(18)10(20)11(21)12(2)25(22,23)24;/h(H,22,23,24);. The Hall–Kier alpha value is -1.41. The smallest absolute Gasteiger partial charge is 0.282 e. The van der Waals surface area contributed by atoms with Crippen LogP contribution in [-0.4, -0.2) is 38.8 Å². The van der Waals surface area contributed by atoms with Gasteiger partial charge >= 0.3 is 0 Å². The van der Waals surface area contributed by atoms with Crippen LogP contribution in [0.5, 0.6) is 0 Å². The fraction of sp³-hybridized carbons (Fsp3) is 0. The number of rotatable bonds is 2. The average molecular weight is 511 g/mol. The summed E-state index contributed by atoms with van der Waals surface area (Å²) in [4.78, 5) is -2.55. The van der Waals surface area contributed by atoms with Crippen molar-refractivity contribution in [3.8, 4) is 11.1 Å². The molecular formula is C12HF9InO3S. The average Bonchev–Trinajstić information content (AvgIpc) is 2.52. The summed E-state index contributed by atoms with van der Waals surface area (Å²) in [7, 11) is -6.04. The Morgan fingerprint density at radius 2 is 0.769 bits per heavy atom. The minimum Gasteiger partial charge on any atom is -0.282 e. The van der Waals surface area contributed by atoms with Crippen LogP contribution in [0.2, 0.25) is 0 Å². The third kappa shape index (κ3) is 3.29. The van der Waals surface area contributed by atoms with Crippen LogP contribution in [0.25, 0.3) is 11.1 Å². The van der Waals surface area contributed by atoms with Crippen LogP contribution in [-0.2, 0) is 10.1 Å². The van der Waals surface area contributed by atoms with Gasteiger partial charge in [0.2, 0.25) is 5.82 Å². The Bertz CT molecular complexity index is 995. The summed E-state index contributed by atoms with van der Waals surface area (Å²) < 4.78 is 151. The molecule has 2 aromatic rings. The summed E-state index contributed by atoms with van der Waals surface area (Å²) in [5.74, 6) is -25.2. The molecule has 0 saturated heterocycles. The molecule has 26 heavy (non-hydrogen) atoms. The molecule has 14 heteroatoms. The van der Waals surface area contributed by atoms with Gasteiger partial charge in [0, 0.05) is 25.8 Å². The van der Waals surface area contributed by atoms with Crippen molar-refractivity contribution in [2.45, 2.75) is 4.90 Å². The molecule has 0 bridgehead atoms. The van der Waals surface area contributed by atoms with Crippen LogP contribution in [0.3, 0.4) is 0 Å². The van der Waals surface area contributed by atoms with E-state index in [9.17, 15) is 47.9 Å². The largest absolute Gasteiger partial charge is 0.298 e. The SMILES string of the molecule is O=S(=O)(O)c1c(F)c(F)c(F)c(F)c1-c1c(F)c(F)c(F)c(F)c1F.[In]. The van der Waals surface area contributed by atoms with E-state index in [0.29, 0.717) is 0 Å². The Morgan fingerprint density at radius 3 is 1.12 bits per heavy atom. The van der Waals surface area contributed by atoms with Gasteiger partial charge in [-0.3, -0.25) is 4.55 Å². The second-order valence-corrected chi connectivity index (χ2v) is 5.74. The molecule has 139 valence electrons. The van der Waals surface area contributed by atoms with Gasteiger partial charge < -0.3 is 0 Å². The van der Waals surface area contributed by atoms with Gasteiger partial charge in [0.05, 0.1) is 11.1 Å². The van der Waals surface area contributed by atoms with Crippen molar-refractivity contribution in [3.63, 3.8) is 0 Å². The molecule has 3 nitrogen and oxygen atoms in total. The number of benzene rings is 2. The molecule has 0 amide bonds. The zero-order valence-corrected chi connectivity index (χ0v) is 15.8. The first-order valence-corrected chi connectivity index (χ1v) is 7.11. The van der Waals surface area contributed by atoms with Crippen LogP contribution >= 0.6 is 0 Å². The van der Waals surface area contributed by atoms with E-state index >= 15 is 0 Å². The first kappa shape index (κ1) is 22.6. The van der Waals surface area contributed by atoms with Crippen molar-refractivity contribution in [3.05, 3.63) is 52.4 Å². The number of halogens is 9. The van der Waals surface area contributed by atoms with Crippen molar-refractivity contribution in [2.75, 3.05) is 0 Å². The van der Waals surface area contributed by atoms with Gasteiger partial charge in [-0.15, -0.1) is 0 Å². The summed E-state index contributed by atoms with van der Waals surface area (Å²) in [6.45, 7) is 0. The van der Waals surface area contributed by atoms with E-state index in [1.165, 1.54) is 0 Å². The molecule has 0 aliphatic rings. The molecular weight excluding hydrogens is 510 g/mol. The molecule has 1 N–H and O–H groups in total. The monoisotopic (exact) mass is 511 g/mol. The molecule has 2 rings (SSSR count). The van der Waals surface area contributed by atoms with Crippen molar-refractivity contribution < 1.29 is 52.5 Å². The van der Waals surface area contributed by atoms with E-state index in [0.717, 1.165) is 0 Å². The van der Waals surface area contributed by atoms with Crippen molar-refractivity contribution in [1.82, 2.24) is 0 Å². The second-order valence-electron chi connectivity index (χ2n) is 4.38. The van der Waals surface area contributed by atoms with E-state index in [4.69, 9.17) is 4.55 Å². The zero-order valence-electron chi connectivity index (χ0n) is 11.7. The molecule has 0 aromatic heterocycles. The fourth-order valence-electron chi connectivity index (χ4n) is 1.90. The van der Waals surface area contributed by atoms with E-state index < -0.39 is 78.5 Å². The summed E-state index contributed by atoms with van der Waals surface area (Å²) in [5.41, 5.74) is -4.83. The van der Waals surface area contributed by atoms with E-state index in [2.05, 4.69) is 0 Å². The summed E-state index contributed by atoms with van der Waals surface area (Å²) in [6.07, 6.45) is 0. The number of hydrogen-bond acceptors (Lipinski definition) is 2. The third-order valence-electron chi connectivity index (χ3n) is 2.94. The second kappa shape index (κ2) is 7.31. The minimum atomic E-state index is -6.04. The normalized spacial score (nSPS) is 11.5. The van der Waals surface area contributed by atoms with Crippen LogP contribution in [0.1, 0.15) is 0 Å². The molecule has 0 spiro atoms. The van der Waals surface area contributed by atoms with Gasteiger partial charge in [-0.1, -0.05) is 0 Å². The molecule has 2 aromatic carbocycles. The Labute approximate surface area is 157 Å². The maximum atomic E-state index is 13.8. The maximum Gasteiger partial charge on any atom is 0.298 e. The van der Waals surface area contributed by atoms with Crippen molar-refractivity contribution in [1.29, 1.82) is 0 Å². The van der Waals surface area contributed by atoms with Crippen LogP contribution in [0, 0.1) is 52.4 Å². The Balaban J connectivity index is 0.00000338. The molecule has 0 atom stereocenters. The first-order valence-electron chi connectivity index (χ1n) is 5.67. The summed E-state index contributed by atoms with van der Waals surface area (Å²) in [5, 5.41) is 0. The van der Waals surface area contributed by atoms with Gasteiger partial charge in [-0.25, -0.2) is 39.5 Å². The first-order chi connectivity index (χ1) is 11.3. The van der Waals surface area contributed by atoms with Crippen LogP contribution in [0.15, 0.2) is 4.90 Å². The molecule has 0 aliphatic heterocycles. The van der Waals surface area contributed by atoms with Gasteiger partial charge in [-0.2, -0.15) is 8.42 Å². The zero-order chi connectivity index (χ0) is 19.4.